The van der Waals surface area contributed by atoms with Gasteiger partial charge >= 0.3 is 0 Å². The third-order valence-electron chi connectivity index (χ3n) is 5.32. The summed E-state index contributed by atoms with van der Waals surface area (Å²) in [6.07, 6.45) is 8.12. The van der Waals surface area contributed by atoms with Gasteiger partial charge in [-0.3, -0.25) is 4.68 Å². The zero-order valence-corrected chi connectivity index (χ0v) is 13.6. The molecule has 1 saturated carbocycles. The minimum absolute atomic E-state index is 0.167. The van der Waals surface area contributed by atoms with Crippen LogP contribution in [0.25, 0.3) is 0 Å². The largest absolute Gasteiger partial charge is 0.394 e. The van der Waals surface area contributed by atoms with Gasteiger partial charge in [0.25, 0.3) is 0 Å². The molecule has 0 bridgehead atoms. The first-order chi connectivity index (χ1) is 10.00. The first-order valence-corrected chi connectivity index (χ1v) is 8.42. The van der Waals surface area contributed by atoms with Crippen LogP contribution in [-0.2, 0) is 13.0 Å². The van der Waals surface area contributed by atoms with Gasteiger partial charge in [0, 0.05) is 23.3 Å². The van der Waals surface area contributed by atoms with Gasteiger partial charge in [0.15, 0.2) is 0 Å². The Kier molecular flexibility index (Phi) is 4.10. The van der Waals surface area contributed by atoms with E-state index >= 15 is 0 Å². The van der Waals surface area contributed by atoms with Crippen LogP contribution in [0.15, 0.2) is 6.20 Å². The number of fused-ring (bicyclic) bond motifs is 1. The molecule has 3 unspecified atom stereocenters. The molecule has 1 heterocycles. The third kappa shape index (κ3) is 3.02. The standard InChI is InChI=1S/C17H29N3O/c1-12-9-17(2,3)10-15(12)19-14-5-4-6-16-13(14)11-18-20(16)7-8-21/h11-12,14-15,19,21H,4-10H2,1-3H3. The SMILES string of the molecule is CC1CC(C)(C)CC1NC1CCCc2c1cnn2CCO. The van der Waals surface area contributed by atoms with Gasteiger partial charge in [-0.15, -0.1) is 0 Å². The van der Waals surface area contributed by atoms with Crippen LogP contribution in [0.3, 0.4) is 0 Å². The monoisotopic (exact) mass is 291 g/mol. The van der Waals surface area contributed by atoms with Crippen molar-refractivity contribution in [3.05, 3.63) is 17.5 Å². The van der Waals surface area contributed by atoms with Crippen LogP contribution in [0.1, 0.15) is 63.8 Å². The smallest absolute Gasteiger partial charge is 0.0644 e. The number of aliphatic hydroxyl groups excluding tert-OH is 1. The van der Waals surface area contributed by atoms with Gasteiger partial charge in [0.1, 0.15) is 0 Å². The minimum atomic E-state index is 0.167. The van der Waals surface area contributed by atoms with Crippen LogP contribution in [-0.4, -0.2) is 27.5 Å². The molecule has 0 amide bonds. The molecule has 4 heteroatoms. The lowest BCUT2D eigenvalue weighted by Gasteiger charge is -2.29. The van der Waals surface area contributed by atoms with Crippen molar-refractivity contribution in [2.24, 2.45) is 11.3 Å². The van der Waals surface area contributed by atoms with Crippen molar-refractivity contribution >= 4 is 0 Å². The van der Waals surface area contributed by atoms with Crippen LogP contribution in [0.5, 0.6) is 0 Å². The summed E-state index contributed by atoms with van der Waals surface area (Å²) in [7, 11) is 0. The van der Waals surface area contributed by atoms with E-state index in [1.54, 1.807) is 0 Å². The average Bonchev–Trinajstić information content (AvgIpc) is 2.92. The minimum Gasteiger partial charge on any atom is -0.394 e. The summed E-state index contributed by atoms with van der Waals surface area (Å²) in [5.74, 6) is 0.748. The number of hydrogen-bond donors (Lipinski definition) is 2. The molecule has 3 atom stereocenters. The molecule has 0 aromatic carbocycles. The molecule has 1 fully saturated rings. The zero-order chi connectivity index (χ0) is 15.0. The summed E-state index contributed by atoms with van der Waals surface area (Å²) >= 11 is 0. The Bertz CT molecular complexity index is 494. The van der Waals surface area contributed by atoms with Crippen molar-refractivity contribution in [1.82, 2.24) is 15.1 Å². The fourth-order valence-corrected chi connectivity index (χ4v) is 4.45. The van der Waals surface area contributed by atoms with Crippen molar-refractivity contribution in [3.63, 3.8) is 0 Å². The predicted molar refractivity (Wildman–Crippen MR) is 84.1 cm³/mol. The molecule has 0 spiro atoms. The van der Waals surface area contributed by atoms with Gasteiger partial charge < -0.3 is 10.4 Å². The summed E-state index contributed by atoms with van der Waals surface area (Å²) in [6.45, 7) is 7.94. The lowest BCUT2D eigenvalue weighted by molar-refractivity contribution is 0.265. The molecule has 1 aromatic heterocycles. The average molecular weight is 291 g/mol. The van der Waals surface area contributed by atoms with Crippen molar-refractivity contribution in [2.45, 2.75) is 71.5 Å². The maximum Gasteiger partial charge on any atom is 0.0644 e. The zero-order valence-electron chi connectivity index (χ0n) is 13.6. The van der Waals surface area contributed by atoms with E-state index in [0.29, 0.717) is 24.0 Å². The fraction of sp³-hybridized carbons (Fsp3) is 0.824. The van der Waals surface area contributed by atoms with Gasteiger partial charge in [-0.1, -0.05) is 20.8 Å². The number of rotatable bonds is 4. The van der Waals surface area contributed by atoms with Gasteiger partial charge in [-0.25, -0.2) is 0 Å². The maximum atomic E-state index is 9.15. The van der Waals surface area contributed by atoms with E-state index in [-0.39, 0.29) is 6.61 Å². The Morgan fingerprint density at radius 2 is 2.24 bits per heavy atom. The molecule has 0 radical (unpaired) electrons. The second-order valence-corrected chi connectivity index (χ2v) is 7.76. The molecule has 2 N–H and O–H groups in total. The summed E-state index contributed by atoms with van der Waals surface area (Å²) < 4.78 is 1.99. The van der Waals surface area contributed by atoms with E-state index in [0.717, 1.165) is 12.3 Å². The quantitative estimate of drug-likeness (QED) is 0.896. The van der Waals surface area contributed by atoms with E-state index in [2.05, 4.69) is 31.2 Å². The number of nitrogens with one attached hydrogen (secondary N) is 1. The van der Waals surface area contributed by atoms with E-state index in [9.17, 15) is 0 Å². The molecule has 1 aromatic rings. The van der Waals surface area contributed by atoms with Crippen LogP contribution < -0.4 is 5.32 Å². The number of aliphatic hydroxyl groups is 1. The van der Waals surface area contributed by atoms with Crippen molar-refractivity contribution in [2.75, 3.05) is 6.61 Å². The van der Waals surface area contributed by atoms with Crippen LogP contribution in [0.4, 0.5) is 0 Å². The molecule has 3 rings (SSSR count). The summed E-state index contributed by atoms with van der Waals surface area (Å²) in [4.78, 5) is 0. The predicted octanol–water partition coefficient (Wildman–Crippen LogP) is 2.67. The number of aromatic nitrogens is 2. The van der Waals surface area contributed by atoms with E-state index in [1.165, 1.54) is 36.9 Å². The topological polar surface area (TPSA) is 50.1 Å². The van der Waals surface area contributed by atoms with Crippen LogP contribution in [0.2, 0.25) is 0 Å². The Balaban J connectivity index is 1.74. The Hall–Kier alpha value is -0.870. The van der Waals surface area contributed by atoms with Crippen molar-refractivity contribution in [3.8, 4) is 0 Å². The number of nitrogens with zero attached hydrogens (tertiary/aromatic N) is 2. The molecule has 0 aliphatic heterocycles. The van der Waals surface area contributed by atoms with Gasteiger partial charge in [-0.2, -0.15) is 5.10 Å². The molecule has 118 valence electrons. The summed E-state index contributed by atoms with van der Waals surface area (Å²) in [5.41, 5.74) is 3.17. The molecular formula is C17H29N3O. The first-order valence-electron chi connectivity index (χ1n) is 8.42. The second-order valence-electron chi connectivity index (χ2n) is 7.76. The van der Waals surface area contributed by atoms with E-state index in [4.69, 9.17) is 5.11 Å². The Morgan fingerprint density at radius 1 is 1.43 bits per heavy atom. The maximum absolute atomic E-state index is 9.15. The van der Waals surface area contributed by atoms with Gasteiger partial charge in [-0.05, 0) is 43.4 Å². The second kappa shape index (κ2) is 5.73. The highest BCUT2D eigenvalue weighted by Crippen LogP contribution is 2.42. The van der Waals surface area contributed by atoms with Crippen LogP contribution in [0, 0.1) is 11.3 Å². The number of hydrogen-bond acceptors (Lipinski definition) is 3. The molecule has 2 aliphatic rings. The van der Waals surface area contributed by atoms with Crippen molar-refractivity contribution < 1.29 is 5.11 Å². The van der Waals surface area contributed by atoms with E-state index < -0.39 is 0 Å². The van der Waals surface area contributed by atoms with Crippen LogP contribution >= 0.6 is 0 Å². The highest BCUT2D eigenvalue weighted by atomic mass is 16.3. The molecule has 4 nitrogen and oxygen atoms in total. The van der Waals surface area contributed by atoms with Gasteiger partial charge in [0.05, 0.1) is 19.3 Å². The highest BCUT2D eigenvalue weighted by molar-refractivity contribution is 5.25. The highest BCUT2D eigenvalue weighted by Gasteiger charge is 2.38. The molecular weight excluding hydrogens is 262 g/mol. The molecule has 21 heavy (non-hydrogen) atoms. The normalized spacial score (nSPS) is 31.3. The first kappa shape index (κ1) is 15.0. The Labute approximate surface area is 127 Å². The molecule has 0 saturated heterocycles. The van der Waals surface area contributed by atoms with Crippen molar-refractivity contribution in [1.29, 1.82) is 0 Å². The van der Waals surface area contributed by atoms with E-state index in [1.807, 2.05) is 10.9 Å². The van der Waals surface area contributed by atoms with Gasteiger partial charge in [0.2, 0.25) is 0 Å². The lowest BCUT2D eigenvalue weighted by Crippen LogP contribution is -2.36. The lowest BCUT2D eigenvalue weighted by atomic mass is 9.90. The summed E-state index contributed by atoms with van der Waals surface area (Å²) in [5, 5.41) is 17.5. The third-order valence-corrected chi connectivity index (χ3v) is 5.32. The fourth-order valence-electron chi connectivity index (χ4n) is 4.45. The summed E-state index contributed by atoms with van der Waals surface area (Å²) in [6, 6.07) is 1.07. The Morgan fingerprint density at radius 3 is 2.90 bits per heavy atom. The molecule has 2 aliphatic carbocycles.